The number of Topliss-reactive ketones (excluding diaryl/α,β-unsaturated/α-hetero) is 1. The van der Waals surface area contributed by atoms with Crippen LogP contribution in [0.25, 0.3) is 11.1 Å². The Morgan fingerprint density at radius 2 is 2.07 bits per heavy atom. The van der Waals surface area contributed by atoms with Gasteiger partial charge in [-0.2, -0.15) is 10.3 Å². The number of carbonyl (C=O) groups is 1. The van der Waals surface area contributed by atoms with Crippen molar-refractivity contribution in [1.82, 2.24) is 10.3 Å². The molecule has 0 saturated carbocycles. The molecule has 0 bridgehead atoms. The molecule has 0 spiro atoms. The Labute approximate surface area is 172 Å². The maximum atomic E-state index is 13.9. The zero-order chi connectivity index (χ0) is 20.9. The number of hydrogen-bond donors (Lipinski definition) is 3. The van der Waals surface area contributed by atoms with Gasteiger partial charge in [0.1, 0.15) is 29.1 Å². The van der Waals surface area contributed by atoms with Crippen LogP contribution in [0.2, 0.25) is 0 Å². The van der Waals surface area contributed by atoms with Crippen LogP contribution in [0.15, 0.2) is 64.7 Å². The smallest absolute Gasteiger partial charge is 0.365 e. The van der Waals surface area contributed by atoms with E-state index in [1.54, 1.807) is 6.07 Å². The van der Waals surface area contributed by atoms with Gasteiger partial charge in [0.05, 0.1) is 5.70 Å². The van der Waals surface area contributed by atoms with E-state index in [0.29, 0.717) is 29.5 Å². The monoisotopic (exact) mass is 405 g/mol. The third-order valence-electron chi connectivity index (χ3n) is 5.49. The predicted molar refractivity (Wildman–Crippen MR) is 111 cm³/mol. The van der Waals surface area contributed by atoms with Gasteiger partial charge in [0.15, 0.2) is 5.58 Å². The molecule has 6 nitrogen and oxygen atoms in total. The molecule has 3 aromatic rings. The lowest BCUT2D eigenvalue weighted by atomic mass is 9.72. The van der Waals surface area contributed by atoms with Crippen LogP contribution in [0.5, 0.6) is 0 Å². The summed E-state index contributed by atoms with van der Waals surface area (Å²) in [7, 11) is 0. The lowest BCUT2D eigenvalue weighted by Gasteiger charge is -2.36. The number of carbonyl (C=O) groups excluding carboxylic acids is 1. The topological polar surface area (TPSA) is 81.1 Å². The number of hydrogen-bond acceptors (Lipinski definition) is 5. The Morgan fingerprint density at radius 3 is 2.87 bits per heavy atom. The van der Waals surface area contributed by atoms with Crippen LogP contribution in [0.3, 0.4) is 0 Å². The van der Waals surface area contributed by atoms with Crippen molar-refractivity contribution in [2.45, 2.75) is 26.3 Å². The third-order valence-corrected chi connectivity index (χ3v) is 5.49. The van der Waals surface area contributed by atoms with Gasteiger partial charge in [0, 0.05) is 6.42 Å². The van der Waals surface area contributed by atoms with Gasteiger partial charge >= 0.3 is 12.0 Å². The maximum absolute atomic E-state index is 13.9. The van der Waals surface area contributed by atoms with Gasteiger partial charge in [-0.05, 0) is 41.3 Å². The first kappa shape index (κ1) is 18.5. The fraction of sp³-hybridized carbons (Fsp3) is 0.261. The molecule has 5 rings (SSSR count). The summed E-state index contributed by atoms with van der Waals surface area (Å²) in [6.07, 6.45) is 2.52. The van der Waals surface area contributed by atoms with Gasteiger partial charge < -0.3 is 4.42 Å². The molecule has 2 heterocycles. The quantitative estimate of drug-likeness (QED) is 0.611. The average Bonchev–Trinajstić information content (AvgIpc) is 3.08. The van der Waals surface area contributed by atoms with Gasteiger partial charge in [-0.1, -0.05) is 38.1 Å². The number of ketones is 1. The number of guanidine groups is 1. The number of halogens is 1. The first-order valence-electron chi connectivity index (χ1n) is 9.92. The van der Waals surface area contributed by atoms with Crippen molar-refractivity contribution < 1.29 is 18.6 Å². The van der Waals surface area contributed by atoms with Crippen LogP contribution in [-0.2, 0) is 4.79 Å². The molecule has 0 radical (unpaired) electrons. The number of anilines is 1. The Balaban J connectivity index is 1.56. The zero-order valence-electron chi connectivity index (χ0n) is 16.7. The fourth-order valence-electron chi connectivity index (χ4n) is 4.27. The molecule has 152 valence electrons. The number of nitrogens with one attached hydrogen (secondary N) is 3. The first-order valence-corrected chi connectivity index (χ1v) is 9.92. The van der Waals surface area contributed by atoms with E-state index in [9.17, 15) is 9.18 Å². The number of fused-ring (bicyclic) bond motifs is 2. The lowest BCUT2D eigenvalue weighted by molar-refractivity contribution is -0.522. The Bertz CT molecular complexity index is 1180. The first-order chi connectivity index (χ1) is 14.4. The van der Waals surface area contributed by atoms with Gasteiger partial charge in [-0.15, -0.1) is 0 Å². The van der Waals surface area contributed by atoms with E-state index >= 15 is 0 Å². The number of benzene rings is 2. The van der Waals surface area contributed by atoms with E-state index in [4.69, 9.17) is 4.42 Å². The summed E-state index contributed by atoms with van der Waals surface area (Å²) in [6.45, 7) is 4.06. The van der Waals surface area contributed by atoms with E-state index in [0.717, 1.165) is 11.2 Å². The lowest BCUT2D eigenvalue weighted by Crippen LogP contribution is -2.84. The highest BCUT2D eigenvalue weighted by Gasteiger charge is 2.45. The van der Waals surface area contributed by atoms with E-state index in [1.165, 1.54) is 12.1 Å². The van der Waals surface area contributed by atoms with E-state index in [-0.39, 0.29) is 17.0 Å². The molecular weight excluding hydrogens is 383 g/mol. The van der Waals surface area contributed by atoms with Crippen LogP contribution >= 0.6 is 0 Å². The third kappa shape index (κ3) is 3.36. The molecule has 1 aromatic heterocycles. The summed E-state index contributed by atoms with van der Waals surface area (Å²) in [6, 6.07) is 13.7. The second kappa shape index (κ2) is 6.79. The number of nitrogens with zero attached hydrogens (tertiary/aromatic N) is 1. The summed E-state index contributed by atoms with van der Waals surface area (Å²) in [5, 5.41) is 6.42. The van der Waals surface area contributed by atoms with E-state index < -0.39 is 12.0 Å². The molecule has 2 aromatic carbocycles. The summed E-state index contributed by atoms with van der Waals surface area (Å²) < 4.78 is 19.7. The zero-order valence-corrected chi connectivity index (χ0v) is 16.7. The number of rotatable bonds is 2. The molecule has 7 heteroatoms. The fourth-order valence-corrected chi connectivity index (χ4v) is 4.27. The van der Waals surface area contributed by atoms with Crippen molar-refractivity contribution in [3.63, 3.8) is 0 Å². The summed E-state index contributed by atoms with van der Waals surface area (Å²) in [5.74, 6) is -0.110. The van der Waals surface area contributed by atoms with Gasteiger partial charge in [0.25, 0.3) is 0 Å². The molecule has 3 N–H and O–H groups in total. The molecule has 30 heavy (non-hydrogen) atoms. The minimum Gasteiger partial charge on any atom is -0.412 e. The molecule has 0 fully saturated rings. The normalized spacial score (nSPS) is 22.7. The Hall–Kier alpha value is -3.48. The minimum absolute atomic E-state index is 0.118. The molecule has 1 aliphatic carbocycles. The van der Waals surface area contributed by atoms with E-state index in [1.807, 2.05) is 44.2 Å². The van der Waals surface area contributed by atoms with Gasteiger partial charge in [-0.25, -0.2) is 9.71 Å². The number of aromatic nitrogens is 1. The van der Waals surface area contributed by atoms with Crippen LogP contribution in [0.4, 0.5) is 10.4 Å². The van der Waals surface area contributed by atoms with Crippen LogP contribution < -0.4 is 15.6 Å². The Morgan fingerprint density at radius 1 is 1.23 bits per heavy atom. The second-order valence-electron chi connectivity index (χ2n) is 8.50. The number of para-hydroxylation sites is 2. The highest BCUT2D eigenvalue weighted by molar-refractivity contribution is 5.94. The van der Waals surface area contributed by atoms with Crippen molar-refractivity contribution in [1.29, 1.82) is 0 Å². The van der Waals surface area contributed by atoms with Crippen molar-refractivity contribution >= 4 is 28.9 Å². The summed E-state index contributed by atoms with van der Waals surface area (Å²) in [5.41, 5.74) is 2.65. The van der Waals surface area contributed by atoms with Crippen molar-refractivity contribution in [3.8, 4) is 0 Å². The number of oxazole rings is 1. The highest BCUT2D eigenvalue weighted by atomic mass is 19.1. The molecule has 0 amide bonds. The Kier molecular flexibility index (Phi) is 4.20. The average molecular weight is 405 g/mol. The summed E-state index contributed by atoms with van der Waals surface area (Å²) >= 11 is 0. The molecule has 2 aliphatic rings. The van der Waals surface area contributed by atoms with Crippen LogP contribution in [0, 0.1) is 17.2 Å². The predicted octanol–water partition coefficient (Wildman–Crippen LogP) is 2.66. The van der Waals surface area contributed by atoms with Crippen molar-refractivity contribution in [3.05, 3.63) is 71.7 Å². The number of allylic oxidation sites excluding steroid dienone is 1. The van der Waals surface area contributed by atoms with Crippen molar-refractivity contribution in [2.24, 2.45) is 11.3 Å². The SMILES string of the molecule is CC1(C)C=C2NC(Nc3nc4ccccc4o3)=[NH+][C@H](c3cccc(F)c3)[C@H]2C(=O)C1. The molecule has 2 atom stereocenters. The largest absolute Gasteiger partial charge is 0.412 e. The molecule has 1 aliphatic heterocycles. The molecule has 0 unspecified atom stereocenters. The second-order valence-corrected chi connectivity index (χ2v) is 8.50. The van der Waals surface area contributed by atoms with Gasteiger partial charge in [-0.3, -0.25) is 9.79 Å². The maximum Gasteiger partial charge on any atom is 0.365 e. The standard InChI is InChI=1S/C23H21FN4O2/c1-23(2)11-16-19(17(29)12-23)20(13-6-5-7-14(24)10-13)27-21(25-16)28-22-26-15-8-3-4-9-18(15)30-22/h3-11,19-20H,12H2,1-2H3,(H2,25,26,27,28)/p+1/t19-,20-/m1/s1. The molecular formula is C23H22FN4O2+. The van der Waals surface area contributed by atoms with Crippen molar-refractivity contribution in [2.75, 3.05) is 5.32 Å². The molecule has 0 saturated heterocycles. The van der Waals surface area contributed by atoms with E-state index in [2.05, 4.69) is 26.7 Å². The highest BCUT2D eigenvalue weighted by Crippen LogP contribution is 2.38. The summed E-state index contributed by atoms with van der Waals surface area (Å²) in [4.78, 5) is 20.8. The van der Waals surface area contributed by atoms with Gasteiger partial charge in [0.2, 0.25) is 0 Å². The minimum atomic E-state index is -0.422. The van der Waals surface area contributed by atoms with Crippen LogP contribution in [0.1, 0.15) is 31.9 Å². The van der Waals surface area contributed by atoms with Crippen LogP contribution in [-0.4, -0.2) is 16.7 Å².